The largest absolute Gasteiger partial charge is 0.393 e. The van der Waals surface area contributed by atoms with Crippen LogP contribution >= 0.6 is 11.6 Å². The van der Waals surface area contributed by atoms with Crippen molar-refractivity contribution in [1.29, 1.82) is 0 Å². The first-order valence-electron chi connectivity index (χ1n) is 6.20. The highest BCUT2D eigenvalue weighted by Crippen LogP contribution is 2.25. The zero-order valence-corrected chi connectivity index (χ0v) is 10.8. The Labute approximate surface area is 111 Å². The summed E-state index contributed by atoms with van der Waals surface area (Å²) in [6, 6.07) is 10.2. The fourth-order valence-corrected chi connectivity index (χ4v) is 2.76. The van der Waals surface area contributed by atoms with Crippen LogP contribution < -0.4 is 0 Å². The minimum absolute atomic E-state index is 0.281. The smallest absolute Gasteiger partial charge is 0.150 e. The van der Waals surface area contributed by atoms with E-state index < -0.39 is 0 Å². The molecule has 1 aromatic heterocycles. The molecule has 2 heterocycles. The molecule has 3 rings (SSSR count). The lowest BCUT2D eigenvalue weighted by Gasteiger charge is -2.21. The van der Waals surface area contributed by atoms with Gasteiger partial charge in [-0.2, -0.15) is 0 Å². The van der Waals surface area contributed by atoms with Gasteiger partial charge in [0, 0.05) is 19.4 Å². The Kier molecular flexibility index (Phi) is 3.10. The molecule has 1 unspecified atom stereocenters. The highest BCUT2D eigenvalue weighted by Gasteiger charge is 2.23. The SMILES string of the molecule is OC1CCn2c(Cc3ccccc3)nc(Cl)c2C1. The van der Waals surface area contributed by atoms with Gasteiger partial charge in [0.15, 0.2) is 5.15 Å². The first-order valence-corrected chi connectivity index (χ1v) is 6.57. The maximum Gasteiger partial charge on any atom is 0.150 e. The summed E-state index contributed by atoms with van der Waals surface area (Å²) < 4.78 is 2.15. The molecule has 94 valence electrons. The molecule has 18 heavy (non-hydrogen) atoms. The summed E-state index contributed by atoms with van der Waals surface area (Å²) >= 11 is 6.15. The summed E-state index contributed by atoms with van der Waals surface area (Å²) in [7, 11) is 0. The van der Waals surface area contributed by atoms with Crippen LogP contribution in [-0.4, -0.2) is 20.8 Å². The molecule has 0 spiro atoms. The van der Waals surface area contributed by atoms with Gasteiger partial charge in [0.25, 0.3) is 0 Å². The maximum absolute atomic E-state index is 9.68. The monoisotopic (exact) mass is 262 g/mol. The van der Waals surface area contributed by atoms with E-state index in [9.17, 15) is 5.11 Å². The first-order chi connectivity index (χ1) is 8.74. The maximum atomic E-state index is 9.68. The standard InChI is InChI=1S/C14H15ClN2O/c15-14-12-9-11(18)6-7-17(12)13(16-14)8-10-4-2-1-3-5-10/h1-5,11,18H,6-9H2. The van der Waals surface area contributed by atoms with E-state index in [1.807, 2.05) is 18.2 Å². The van der Waals surface area contributed by atoms with Crippen molar-refractivity contribution in [2.24, 2.45) is 0 Å². The molecule has 0 radical (unpaired) electrons. The molecule has 4 heteroatoms. The van der Waals surface area contributed by atoms with Crippen molar-refractivity contribution in [3.05, 3.63) is 52.6 Å². The van der Waals surface area contributed by atoms with Gasteiger partial charge in [-0.25, -0.2) is 4.98 Å². The molecular formula is C14H15ClN2O. The highest BCUT2D eigenvalue weighted by molar-refractivity contribution is 6.30. The molecule has 1 aliphatic heterocycles. The van der Waals surface area contributed by atoms with Crippen LogP contribution in [-0.2, 0) is 19.4 Å². The fraction of sp³-hybridized carbons (Fsp3) is 0.357. The van der Waals surface area contributed by atoms with E-state index in [0.29, 0.717) is 11.6 Å². The Hall–Kier alpha value is -1.32. The van der Waals surface area contributed by atoms with Crippen LogP contribution in [0, 0.1) is 0 Å². The second-order valence-electron chi connectivity index (χ2n) is 4.73. The summed E-state index contributed by atoms with van der Waals surface area (Å²) in [5, 5.41) is 10.2. The van der Waals surface area contributed by atoms with E-state index in [2.05, 4.69) is 21.7 Å². The van der Waals surface area contributed by atoms with E-state index >= 15 is 0 Å². The predicted molar refractivity (Wildman–Crippen MR) is 70.8 cm³/mol. The third-order valence-corrected chi connectivity index (χ3v) is 3.73. The number of fused-ring (bicyclic) bond motifs is 1. The molecule has 0 fully saturated rings. The topological polar surface area (TPSA) is 38.0 Å². The van der Waals surface area contributed by atoms with Crippen molar-refractivity contribution in [2.45, 2.75) is 31.9 Å². The van der Waals surface area contributed by atoms with Gasteiger partial charge in [-0.1, -0.05) is 41.9 Å². The molecular weight excluding hydrogens is 248 g/mol. The van der Waals surface area contributed by atoms with Gasteiger partial charge in [-0.3, -0.25) is 0 Å². The summed E-state index contributed by atoms with van der Waals surface area (Å²) in [5.41, 5.74) is 2.20. The Morgan fingerprint density at radius 3 is 2.89 bits per heavy atom. The molecule has 1 N–H and O–H groups in total. The number of aliphatic hydroxyl groups is 1. The van der Waals surface area contributed by atoms with Crippen molar-refractivity contribution >= 4 is 11.6 Å². The van der Waals surface area contributed by atoms with Crippen LogP contribution in [0.5, 0.6) is 0 Å². The van der Waals surface area contributed by atoms with E-state index in [-0.39, 0.29) is 6.10 Å². The van der Waals surface area contributed by atoms with Gasteiger partial charge in [0.05, 0.1) is 11.8 Å². The molecule has 0 saturated heterocycles. The van der Waals surface area contributed by atoms with Crippen LogP contribution in [0.4, 0.5) is 0 Å². The number of nitrogens with zero attached hydrogens (tertiary/aromatic N) is 2. The van der Waals surface area contributed by atoms with Gasteiger partial charge in [-0.15, -0.1) is 0 Å². The van der Waals surface area contributed by atoms with Gasteiger partial charge in [0.1, 0.15) is 5.82 Å². The van der Waals surface area contributed by atoms with Crippen LogP contribution in [0.25, 0.3) is 0 Å². The molecule has 0 saturated carbocycles. The molecule has 2 aromatic rings. The average molecular weight is 263 g/mol. The van der Waals surface area contributed by atoms with Crippen LogP contribution in [0.1, 0.15) is 23.5 Å². The molecule has 1 aliphatic rings. The predicted octanol–water partition coefficient (Wildman–Crippen LogP) is 2.43. The Morgan fingerprint density at radius 2 is 2.11 bits per heavy atom. The third-order valence-electron chi connectivity index (χ3n) is 3.42. The van der Waals surface area contributed by atoms with Gasteiger partial charge in [0.2, 0.25) is 0 Å². The van der Waals surface area contributed by atoms with E-state index in [1.54, 1.807) is 0 Å². The zero-order valence-electron chi connectivity index (χ0n) is 10.0. The lowest BCUT2D eigenvalue weighted by atomic mass is 10.1. The number of aromatic nitrogens is 2. The number of benzene rings is 1. The van der Waals surface area contributed by atoms with Gasteiger partial charge < -0.3 is 9.67 Å². The van der Waals surface area contributed by atoms with Crippen molar-refractivity contribution in [2.75, 3.05) is 0 Å². The number of hydrogen-bond donors (Lipinski definition) is 1. The molecule has 0 bridgehead atoms. The second-order valence-corrected chi connectivity index (χ2v) is 5.08. The minimum atomic E-state index is -0.281. The van der Waals surface area contributed by atoms with Crippen molar-refractivity contribution in [1.82, 2.24) is 9.55 Å². The summed E-state index contributed by atoms with van der Waals surface area (Å²) in [5.74, 6) is 0.994. The Morgan fingerprint density at radius 1 is 1.33 bits per heavy atom. The van der Waals surface area contributed by atoms with E-state index in [1.165, 1.54) is 5.56 Å². The minimum Gasteiger partial charge on any atom is -0.393 e. The number of aliphatic hydroxyl groups excluding tert-OH is 1. The molecule has 0 aliphatic carbocycles. The summed E-state index contributed by atoms with van der Waals surface area (Å²) in [4.78, 5) is 4.44. The average Bonchev–Trinajstić information content (AvgIpc) is 2.67. The first kappa shape index (κ1) is 11.8. The Balaban J connectivity index is 1.92. The normalized spacial score (nSPS) is 18.7. The molecule has 1 aromatic carbocycles. The number of hydrogen-bond acceptors (Lipinski definition) is 2. The number of rotatable bonds is 2. The highest BCUT2D eigenvalue weighted by atomic mass is 35.5. The van der Waals surface area contributed by atoms with Crippen LogP contribution in [0.2, 0.25) is 5.15 Å². The van der Waals surface area contributed by atoms with E-state index in [0.717, 1.165) is 30.9 Å². The summed E-state index contributed by atoms with van der Waals surface area (Å²) in [6.07, 6.45) is 1.90. The fourth-order valence-electron chi connectivity index (χ4n) is 2.48. The summed E-state index contributed by atoms with van der Waals surface area (Å²) in [6.45, 7) is 0.804. The third kappa shape index (κ3) is 2.16. The van der Waals surface area contributed by atoms with Crippen molar-refractivity contribution in [3.63, 3.8) is 0 Å². The number of halogens is 1. The quantitative estimate of drug-likeness (QED) is 0.903. The van der Waals surface area contributed by atoms with Crippen molar-refractivity contribution in [3.8, 4) is 0 Å². The number of imidazole rings is 1. The van der Waals surface area contributed by atoms with E-state index in [4.69, 9.17) is 11.6 Å². The molecule has 3 nitrogen and oxygen atoms in total. The Bertz CT molecular complexity index is 550. The second kappa shape index (κ2) is 4.75. The zero-order chi connectivity index (χ0) is 12.5. The van der Waals surface area contributed by atoms with Gasteiger partial charge in [-0.05, 0) is 12.0 Å². The van der Waals surface area contributed by atoms with Crippen LogP contribution in [0.3, 0.4) is 0 Å². The molecule has 0 amide bonds. The lowest BCUT2D eigenvalue weighted by Crippen LogP contribution is -2.24. The molecule has 1 atom stereocenters. The van der Waals surface area contributed by atoms with Crippen LogP contribution in [0.15, 0.2) is 30.3 Å². The van der Waals surface area contributed by atoms with Crippen molar-refractivity contribution < 1.29 is 5.11 Å². The van der Waals surface area contributed by atoms with Gasteiger partial charge >= 0.3 is 0 Å². The lowest BCUT2D eigenvalue weighted by molar-refractivity contribution is 0.143.